The summed E-state index contributed by atoms with van der Waals surface area (Å²) in [5.41, 5.74) is 1.07. The van der Waals surface area contributed by atoms with Crippen molar-refractivity contribution in [1.82, 2.24) is 9.80 Å². The average Bonchev–Trinajstić information content (AvgIpc) is 3.49. The van der Waals surface area contributed by atoms with Crippen molar-refractivity contribution in [2.24, 2.45) is 0 Å². The minimum absolute atomic E-state index is 0.0535. The maximum absolute atomic E-state index is 13.6. The highest BCUT2D eigenvalue weighted by molar-refractivity contribution is 6.06. The molecule has 13 heteroatoms. The van der Waals surface area contributed by atoms with E-state index in [2.05, 4.69) is 10.6 Å². The highest BCUT2D eigenvalue weighted by atomic mass is 19.4. The smallest absolute Gasteiger partial charge is 0.416 e. The van der Waals surface area contributed by atoms with E-state index in [4.69, 9.17) is 9.47 Å². The second kappa shape index (κ2) is 12.7. The van der Waals surface area contributed by atoms with Gasteiger partial charge in [-0.25, -0.2) is 4.79 Å². The summed E-state index contributed by atoms with van der Waals surface area (Å²) in [4.78, 5) is 44.6. The third-order valence-electron chi connectivity index (χ3n) is 7.52. The molecule has 3 aromatic rings. The number of piperazine rings is 1. The lowest BCUT2D eigenvalue weighted by Crippen LogP contribution is -2.50. The summed E-state index contributed by atoms with van der Waals surface area (Å²) in [5, 5.41) is 5.40. The molecule has 4 amide bonds. The third kappa shape index (κ3) is 6.66. The molecule has 0 radical (unpaired) electrons. The number of carbonyl (C=O) groups excluding carboxylic acids is 3. The van der Waals surface area contributed by atoms with E-state index >= 15 is 0 Å². The standard InChI is InChI=1S/C31H32F3N5O5/c1-3-37(4-2)29(41)24-18-23(35-28(40)20-8-11-26-27(16-20)44-19-43-26)9-10-25(24)38-12-14-39(15-13-38)30(42)36-22-7-5-6-21(17-22)31(32,33)34/h5-11,16-18H,3-4,12-15,19H2,1-2H3,(H,35,40)(H,36,42). The molecule has 0 spiro atoms. The quantitative estimate of drug-likeness (QED) is 0.365. The van der Waals surface area contributed by atoms with Crippen LogP contribution < -0.4 is 25.0 Å². The lowest BCUT2D eigenvalue weighted by Gasteiger charge is -2.37. The van der Waals surface area contributed by atoms with Gasteiger partial charge in [-0.1, -0.05) is 6.07 Å². The van der Waals surface area contributed by atoms with Gasteiger partial charge >= 0.3 is 12.2 Å². The lowest BCUT2D eigenvalue weighted by atomic mass is 10.1. The van der Waals surface area contributed by atoms with Crippen molar-refractivity contribution >= 4 is 34.9 Å². The average molecular weight is 612 g/mol. The minimum atomic E-state index is -4.52. The zero-order chi connectivity index (χ0) is 31.4. The van der Waals surface area contributed by atoms with Crippen molar-refractivity contribution in [1.29, 1.82) is 0 Å². The predicted molar refractivity (Wildman–Crippen MR) is 158 cm³/mol. The number of fused-ring (bicyclic) bond motifs is 1. The molecule has 2 aliphatic heterocycles. The van der Waals surface area contributed by atoms with Crippen molar-refractivity contribution in [3.05, 3.63) is 77.4 Å². The number of urea groups is 1. The van der Waals surface area contributed by atoms with Gasteiger partial charge in [0.2, 0.25) is 6.79 Å². The maximum atomic E-state index is 13.6. The second-order valence-corrected chi connectivity index (χ2v) is 10.2. The first-order valence-electron chi connectivity index (χ1n) is 14.2. The van der Waals surface area contributed by atoms with E-state index < -0.39 is 17.8 Å². The molecule has 0 unspecified atom stereocenters. The largest absolute Gasteiger partial charge is 0.454 e. The van der Waals surface area contributed by atoms with Crippen LogP contribution in [0.4, 0.5) is 35.0 Å². The van der Waals surface area contributed by atoms with E-state index in [1.807, 2.05) is 18.7 Å². The van der Waals surface area contributed by atoms with Crippen molar-refractivity contribution in [2.45, 2.75) is 20.0 Å². The summed E-state index contributed by atoms with van der Waals surface area (Å²) in [6, 6.07) is 14.0. The number of rotatable bonds is 7. The zero-order valence-electron chi connectivity index (χ0n) is 24.2. The minimum Gasteiger partial charge on any atom is -0.454 e. The molecule has 2 aliphatic rings. The van der Waals surface area contributed by atoms with Gasteiger partial charge in [-0.3, -0.25) is 9.59 Å². The van der Waals surface area contributed by atoms with Crippen molar-refractivity contribution in [2.75, 3.05) is 61.6 Å². The Morgan fingerprint density at radius 1 is 0.841 bits per heavy atom. The number of hydrogen-bond donors (Lipinski definition) is 2. The van der Waals surface area contributed by atoms with Gasteiger partial charge < -0.3 is 34.8 Å². The van der Waals surface area contributed by atoms with Gasteiger partial charge in [0.05, 0.1) is 11.1 Å². The molecule has 0 saturated carbocycles. The number of nitrogens with zero attached hydrogens (tertiary/aromatic N) is 3. The summed E-state index contributed by atoms with van der Waals surface area (Å²) in [7, 11) is 0. The normalized spacial score (nSPS) is 14.3. The molecular formula is C31H32F3N5O5. The van der Waals surface area contributed by atoms with Crippen LogP contribution in [0.15, 0.2) is 60.7 Å². The van der Waals surface area contributed by atoms with Gasteiger partial charge in [0, 0.05) is 61.9 Å². The van der Waals surface area contributed by atoms with E-state index in [-0.39, 0.29) is 37.4 Å². The Kier molecular flexibility index (Phi) is 8.83. The van der Waals surface area contributed by atoms with Crippen molar-refractivity contribution < 1.29 is 37.0 Å². The van der Waals surface area contributed by atoms with E-state index in [0.717, 1.165) is 12.1 Å². The van der Waals surface area contributed by atoms with E-state index in [1.54, 1.807) is 41.3 Å². The van der Waals surface area contributed by atoms with Crippen LogP contribution in [-0.4, -0.2) is 73.7 Å². The van der Waals surface area contributed by atoms with E-state index in [9.17, 15) is 27.6 Å². The fourth-order valence-electron chi connectivity index (χ4n) is 5.11. The number of halogens is 3. The molecule has 232 valence electrons. The van der Waals surface area contributed by atoms with E-state index in [0.29, 0.717) is 60.2 Å². The number of hydrogen-bond acceptors (Lipinski definition) is 6. The summed E-state index contributed by atoms with van der Waals surface area (Å²) in [5.74, 6) is 0.464. The number of anilines is 3. The summed E-state index contributed by atoms with van der Waals surface area (Å²) >= 11 is 0. The molecule has 0 aromatic heterocycles. The van der Waals surface area contributed by atoms with Gasteiger partial charge in [-0.2, -0.15) is 13.2 Å². The maximum Gasteiger partial charge on any atom is 0.416 e. The van der Waals surface area contributed by atoms with Gasteiger partial charge in [-0.15, -0.1) is 0 Å². The highest BCUT2D eigenvalue weighted by Gasteiger charge is 2.31. The predicted octanol–water partition coefficient (Wildman–Crippen LogP) is 5.52. The number of alkyl halides is 3. The van der Waals surface area contributed by atoms with E-state index in [1.165, 1.54) is 17.0 Å². The highest BCUT2D eigenvalue weighted by Crippen LogP contribution is 2.34. The third-order valence-corrected chi connectivity index (χ3v) is 7.52. The fraction of sp³-hybridized carbons (Fsp3) is 0.323. The topological polar surface area (TPSA) is 103 Å². The van der Waals surface area contributed by atoms with Crippen LogP contribution in [0, 0.1) is 0 Å². The van der Waals surface area contributed by atoms with Crippen LogP contribution in [-0.2, 0) is 6.18 Å². The zero-order valence-corrected chi connectivity index (χ0v) is 24.2. The summed E-state index contributed by atoms with van der Waals surface area (Å²) in [6.45, 7) is 6.18. The van der Waals surface area contributed by atoms with Crippen LogP contribution in [0.25, 0.3) is 0 Å². The number of nitrogens with one attached hydrogen (secondary N) is 2. The molecule has 2 N–H and O–H groups in total. The number of benzene rings is 3. The number of amides is 4. The number of carbonyl (C=O) groups is 3. The summed E-state index contributed by atoms with van der Waals surface area (Å²) in [6.07, 6.45) is -4.52. The Hall–Kier alpha value is -4.94. The molecule has 0 atom stereocenters. The fourth-order valence-corrected chi connectivity index (χ4v) is 5.11. The monoisotopic (exact) mass is 611 g/mol. The Morgan fingerprint density at radius 3 is 2.25 bits per heavy atom. The Labute approximate surface area is 252 Å². The Morgan fingerprint density at radius 2 is 1.55 bits per heavy atom. The van der Waals surface area contributed by atoms with Gasteiger partial charge in [0.25, 0.3) is 11.8 Å². The van der Waals surface area contributed by atoms with Crippen LogP contribution in [0.1, 0.15) is 40.1 Å². The first-order chi connectivity index (χ1) is 21.1. The molecule has 0 aliphatic carbocycles. The molecule has 0 bridgehead atoms. The molecule has 2 heterocycles. The van der Waals surface area contributed by atoms with Crippen LogP contribution >= 0.6 is 0 Å². The molecule has 3 aromatic carbocycles. The molecule has 1 fully saturated rings. The number of ether oxygens (including phenoxy) is 2. The van der Waals surface area contributed by atoms with Gasteiger partial charge in [-0.05, 0) is 68.4 Å². The Bertz CT molecular complexity index is 1550. The van der Waals surface area contributed by atoms with Gasteiger partial charge in [0.1, 0.15) is 0 Å². The first kappa shape index (κ1) is 30.5. The molecule has 5 rings (SSSR count). The van der Waals surface area contributed by atoms with Crippen molar-refractivity contribution in [3.8, 4) is 11.5 Å². The van der Waals surface area contributed by atoms with Gasteiger partial charge in [0.15, 0.2) is 11.5 Å². The Balaban J connectivity index is 1.30. The lowest BCUT2D eigenvalue weighted by molar-refractivity contribution is -0.137. The van der Waals surface area contributed by atoms with Crippen LogP contribution in [0.5, 0.6) is 11.5 Å². The molecule has 1 saturated heterocycles. The molecule has 10 nitrogen and oxygen atoms in total. The molecule has 44 heavy (non-hydrogen) atoms. The SMILES string of the molecule is CCN(CC)C(=O)c1cc(NC(=O)c2ccc3c(c2)OCO3)ccc1N1CCN(C(=O)Nc2cccc(C(F)(F)F)c2)CC1. The van der Waals surface area contributed by atoms with Crippen molar-refractivity contribution in [3.63, 3.8) is 0 Å². The molecular weight excluding hydrogens is 579 g/mol. The summed E-state index contributed by atoms with van der Waals surface area (Å²) < 4.78 is 49.9. The second-order valence-electron chi connectivity index (χ2n) is 10.2. The first-order valence-corrected chi connectivity index (χ1v) is 14.2. The van der Waals surface area contributed by atoms with Crippen LogP contribution in [0.2, 0.25) is 0 Å². The van der Waals surface area contributed by atoms with Crippen LogP contribution in [0.3, 0.4) is 0 Å².